The lowest BCUT2D eigenvalue weighted by atomic mass is 10.0. The van der Waals surface area contributed by atoms with Crippen molar-refractivity contribution in [2.24, 2.45) is 0 Å². The maximum Gasteiger partial charge on any atom is 0.129 e. The first-order valence-corrected chi connectivity index (χ1v) is 10.8. The molecule has 0 aliphatic carbocycles. The van der Waals surface area contributed by atoms with Gasteiger partial charge < -0.3 is 4.90 Å². The first-order valence-electron chi connectivity index (χ1n) is 10.5. The number of aromatic nitrogens is 4. The minimum Gasteiger partial charge on any atom is -0.369 e. The predicted molar refractivity (Wildman–Crippen MR) is 128 cm³/mol. The van der Waals surface area contributed by atoms with Gasteiger partial charge in [0.05, 0.1) is 11.4 Å². The molecule has 5 nitrogen and oxygen atoms in total. The Morgan fingerprint density at radius 3 is 2.56 bits per heavy atom. The number of fused-ring (bicyclic) bond motifs is 1. The van der Waals surface area contributed by atoms with Crippen LogP contribution < -0.4 is 0 Å². The molecular weight excluding hydrogens is 418 g/mol. The van der Waals surface area contributed by atoms with Crippen molar-refractivity contribution in [3.63, 3.8) is 0 Å². The van der Waals surface area contributed by atoms with Crippen molar-refractivity contribution in [2.45, 2.75) is 26.9 Å². The lowest BCUT2D eigenvalue weighted by Crippen LogP contribution is -2.20. The second-order valence-corrected chi connectivity index (χ2v) is 8.44. The number of nitrogens with zero attached hydrogens (tertiary/aromatic N) is 5. The summed E-state index contributed by atoms with van der Waals surface area (Å²) in [5, 5.41) is 0.470. The van der Waals surface area contributed by atoms with E-state index in [-0.39, 0.29) is 0 Å². The highest BCUT2D eigenvalue weighted by molar-refractivity contribution is 6.29. The van der Waals surface area contributed by atoms with Gasteiger partial charge in [0.15, 0.2) is 0 Å². The minimum atomic E-state index is 0.470. The standard InChI is InChI=1S/C26H22ClN5/c1-17-9-19(13-31-26(17)22-4-6-28-18(2)10-22)15-32-8-5-20-11-24(30-14-23(20)16-32)21-3-7-29-25(27)12-21/h3-14H,15-16H2,1-2H3. The Balaban J connectivity index is 1.33. The zero-order chi connectivity index (χ0) is 22.1. The van der Waals surface area contributed by atoms with E-state index in [1.165, 1.54) is 16.7 Å². The summed E-state index contributed by atoms with van der Waals surface area (Å²) in [6, 6.07) is 12.2. The number of halogens is 1. The lowest BCUT2D eigenvalue weighted by Gasteiger charge is -2.25. The van der Waals surface area contributed by atoms with Crippen molar-refractivity contribution in [3.05, 3.63) is 100 Å². The van der Waals surface area contributed by atoms with E-state index in [0.29, 0.717) is 5.15 Å². The van der Waals surface area contributed by atoms with E-state index in [0.717, 1.165) is 46.9 Å². The van der Waals surface area contributed by atoms with Crippen LogP contribution in [0.25, 0.3) is 28.6 Å². The van der Waals surface area contributed by atoms with E-state index in [9.17, 15) is 0 Å². The average molecular weight is 440 g/mol. The Kier molecular flexibility index (Phi) is 5.41. The molecular formula is C26H22ClN5. The fourth-order valence-corrected chi connectivity index (χ4v) is 4.19. The van der Waals surface area contributed by atoms with Crippen LogP contribution in [0.1, 0.15) is 27.9 Å². The predicted octanol–water partition coefficient (Wildman–Crippen LogP) is 5.86. The summed E-state index contributed by atoms with van der Waals surface area (Å²) in [4.78, 5) is 20.0. The maximum absolute atomic E-state index is 6.03. The molecule has 0 radical (unpaired) electrons. The topological polar surface area (TPSA) is 54.8 Å². The minimum absolute atomic E-state index is 0.470. The maximum atomic E-state index is 6.03. The molecule has 1 aliphatic heterocycles. The number of hydrogen-bond acceptors (Lipinski definition) is 5. The first kappa shape index (κ1) is 20.3. The molecule has 0 unspecified atom stereocenters. The molecule has 0 saturated heterocycles. The summed E-state index contributed by atoms with van der Waals surface area (Å²) < 4.78 is 0. The fourth-order valence-electron chi connectivity index (χ4n) is 4.02. The third kappa shape index (κ3) is 4.25. The van der Waals surface area contributed by atoms with Gasteiger partial charge in [0, 0.05) is 60.9 Å². The van der Waals surface area contributed by atoms with Crippen molar-refractivity contribution in [3.8, 4) is 22.5 Å². The molecule has 4 aromatic heterocycles. The molecule has 0 N–H and O–H groups in total. The van der Waals surface area contributed by atoms with E-state index in [4.69, 9.17) is 16.6 Å². The third-order valence-corrected chi connectivity index (χ3v) is 5.78. The molecule has 0 atom stereocenters. The summed E-state index contributed by atoms with van der Waals surface area (Å²) >= 11 is 6.03. The van der Waals surface area contributed by atoms with Crippen LogP contribution in [0.3, 0.4) is 0 Å². The van der Waals surface area contributed by atoms with Gasteiger partial charge >= 0.3 is 0 Å². The van der Waals surface area contributed by atoms with Crippen molar-refractivity contribution in [2.75, 3.05) is 0 Å². The van der Waals surface area contributed by atoms with Crippen LogP contribution >= 0.6 is 11.6 Å². The lowest BCUT2D eigenvalue weighted by molar-refractivity contribution is 0.358. The normalized spacial score (nSPS) is 12.7. The highest BCUT2D eigenvalue weighted by Crippen LogP contribution is 2.27. The average Bonchev–Trinajstić information content (AvgIpc) is 2.79. The van der Waals surface area contributed by atoms with Gasteiger partial charge in [-0.2, -0.15) is 0 Å². The summed E-state index contributed by atoms with van der Waals surface area (Å²) in [6.45, 7) is 5.71. The molecule has 5 rings (SSSR count). The molecule has 0 amide bonds. The number of pyridine rings is 4. The zero-order valence-corrected chi connectivity index (χ0v) is 18.7. The van der Waals surface area contributed by atoms with Crippen LogP contribution in [0, 0.1) is 13.8 Å². The van der Waals surface area contributed by atoms with Gasteiger partial charge in [0.1, 0.15) is 5.15 Å². The summed E-state index contributed by atoms with van der Waals surface area (Å²) in [7, 11) is 0. The molecule has 6 heteroatoms. The Hall–Kier alpha value is -3.57. The van der Waals surface area contributed by atoms with Crippen molar-refractivity contribution >= 4 is 17.7 Å². The van der Waals surface area contributed by atoms with E-state index in [1.807, 2.05) is 43.7 Å². The molecule has 0 aromatic carbocycles. The second-order valence-electron chi connectivity index (χ2n) is 8.05. The number of hydrogen-bond donors (Lipinski definition) is 0. The molecule has 0 bridgehead atoms. The Labute approximate surface area is 192 Å². The Bertz CT molecular complexity index is 1330. The molecule has 0 fully saturated rings. The van der Waals surface area contributed by atoms with Crippen molar-refractivity contribution in [1.82, 2.24) is 24.8 Å². The zero-order valence-electron chi connectivity index (χ0n) is 18.0. The van der Waals surface area contributed by atoms with Crippen LogP contribution in [-0.2, 0) is 13.1 Å². The number of aryl methyl sites for hydroxylation is 2. The van der Waals surface area contributed by atoms with Crippen molar-refractivity contribution in [1.29, 1.82) is 0 Å². The van der Waals surface area contributed by atoms with Crippen LogP contribution in [0.4, 0.5) is 0 Å². The first-order chi connectivity index (χ1) is 15.5. The van der Waals surface area contributed by atoms with Gasteiger partial charge in [-0.1, -0.05) is 17.7 Å². The molecule has 0 saturated carbocycles. The smallest absolute Gasteiger partial charge is 0.129 e. The van der Waals surface area contributed by atoms with Gasteiger partial charge in [-0.3, -0.25) is 15.0 Å². The summed E-state index contributed by atoms with van der Waals surface area (Å²) in [6.07, 6.45) is 11.7. The van der Waals surface area contributed by atoms with Gasteiger partial charge in [-0.25, -0.2) is 4.98 Å². The van der Waals surface area contributed by atoms with Crippen LogP contribution in [-0.4, -0.2) is 24.8 Å². The third-order valence-electron chi connectivity index (χ3n) is 5.57. The van der Waals surface area contributed by atoms with E-state index in [2.05, 4.69) is 57.3 Å². The van der Waals surface area contributed by atoms with Gasteiger partial charge in [-0.05, 0) is 72.5 Å². The molecule has 5 heterocycles. The Morgan fingerprint density at radius 2 is 1.75 bits per heavy atom. The van der Waals surface area contributed by atoms with E-state index < -0.39 is 0 Å². The highest BCUT2D eigenvalue weighted by atomic mass is 35.5. The van der Waals surface area contributed by atoms with E-state index >= 15 is 0 Å². The molecule has 1 aliphatic rings. The largest absolute Gasteiger partial charge is 0.369 e. The highest BCUT2D eigenvalue weighted by Gasteiger charge is 2.14. The molecule has 4 aromatic rings. The SMILES string of the molecule is Cc1cc(-c2ncc(CN3C=Cc4cc(-c5ccnc(Cl)c5)ncc4C3)cc2C)ccn1. The van der Waals surface area contributed by atoms with Gasteiger partial charge in [0.25, 0.3) is 0 Å². The van der Waals surface area contributed by atoms with E-state index in [1.54, 1.807) is 6.20 Å². The molecule has 32 heavy (non-hydrogen) atoms. The quantitative estimate of drug-likeness (QED) is 0.373. The van der Waals surface area contributed by atoms with Crippen LogP contribution in [0.5, 0.6) is 0 Å². The monoisotopic (exact) mass is 439 g/mol. The summed E-state index contributed by atoms with van der Waals surface area (Å²) in [5.41, 5.74) is 9.69. The second kappa shape index (κ2) is 8.52. The van der Waals surface area contributed by atoms with Crippen molar-refractivity contribution < 1.29 is 0 Å². The van der Waals surface area contributed by atoms with Gasteiger partial charge in [-0.15, -0.1) is 0 Å². The van der Waals surface area contributed by atoms with Crippen LogP contribution in [0.15, 0.2) is 67.4 Å². The number of rotatable bonds is 4. The molecule has 158 valence electrons. The molecule has 0 spiro atoms. The Morgan fingerprint density at radius 1 is 0.906 bits per heavy atom. The van der Waals surface area contributed by atoms with Gasteiger partial charge in [0.2, 0.25) is 0 Å². The summed E-state index contributed by atoms with van der Waals surface area (Å²) in [5.74, 6) is 0. The van der Waals surface area contributed by atoms with Crippen LogP contribution in [0.2, 0.25) is 5.15 Å². The fraction of sp³-hybridized carbons (Fsp3) is 0.154.